The topological polar surface area (TPSA) is 49.3 Å². The van der Waals surface area contributed by atoms with Gasteiger partial charge >= 0.3 is 0 Å². The number of hydrogen-bond donors (Lipinski definition) is 2. The minimum Gasteiger partial charge on any atom is -0.383 e. The molecule has 0 aliphatic heterocycles. The van der Waals surface area contributed by atoms with E-state index < -0.39 is 5.60 Å². The number of carbonyl (C=O) groups is 1. The average molecular weight is 357 g/mol. The summed E-state index contributed by atoms with van der Waals surface area (Å²) in [5.41, 5.74) is -0.619. The summed E-state index contributed by atoms with van der Waals surface area (Å²) in [5.74, 6) is -0.503. The molecule has 0 saturated carbocycles. The number of aryl methyl sites for hydroxylation is 1. The van der Waals surface area contributed by atoms with Gasteiger partial charge in [0.25, 0.3) is 0 Å². The third-order valence-corrected chi connectivity index (χ3v) is 5.53. The summed E-state index contributed by atoms with van der Waals surface area (Å²) in [4.78, 5) is 12.8. The third-order valence-electron chi connectivity index (χ3n) is 4.17. The van der Waals surface area contributed by atoms with Crippen LogP contribution in [0.25, 0.3) is 10.1 Å². The molecule has 5 heteroatoms. The second-order valence-electron chi connectivity index (χ2n) is 6.29. The van der Waals surface area contributed by atoms with Crippen molar-refractivity contribution < 1.29 is 14.3 Å². The predicted molar refractivity (Wildman–Crippen MR) is 99.1 cm³/mol. The van der Waals surface area contributed by atoms with E-state index in [1.807, 2.05) is 30.3 Å². The largest absolute Gasteiger partial charge is 0.383 e. The maximum absolute atomic E-state index is 13.6. The van der Waals surface area contributed by atoms with Crippen LogP contribution in [0.3, 0.4) is 0 Å². The Morgan fingerprint density at radius 1 is 1.20 bits per heavy atom. The molecule has 0 fully saturated rings. The number of thiophene rings is 1. The van der Waals surface area contributed by atoms with Crippen LogP contribution in [0.2, 0.25) is 0 Å². The molecule has 3 nitrogen and oxygen atoms in total. The van der Waals surface area contributed by atoms with Gasteiger partial charge in [-0.15, -0.1) is 11.3 Å². The molecule has 0 aliphatic rings. The quantitative estimate of drug-likeness (QED) is 0.701. The minimum absolute atomic E-state index is 0.121. The van der Waals surface area contributed by atoms with Crippen LogP contribution in [0.15, 0.2) is 54.6 Å². The summed E-state index contributed by atoms with van der Waals surface area (Å²) >= 11 is 1.52. The summed E-state index contributed by atoms with van der Waals surface area (Å²) in [7, 11) is 0. The number of hydrogen-bond acceptors (Lipinski definition) is 3. The van der Waals surface area contributed by atoms with E-state index in [1.165, 1.54) is 17.4 Å². The van der Waals surface area contributed by atoms with Crippen molar-refractivity contribution in [1.82, 2.24) is 5.32 Å². The van der Waals surface area contributed by atoms with Crippen molar-refractivity contribution >= 4 is 27.3 Å². The van der Waals surface area contributed by atoms with Crippen LogP contribution in [0, 0.1) is 5.82 Å². The Morgan fingerprint density at radius 3 is 2.68 bits per heavy atom. The number of halogens is 1. The third kappa shape index (κ3) is 4.24. The molecule has 1 unspecified atom stereocenters. The smallest absolute Gasteiger partial charge is 0.220 e. The zero-order chi connectivity index (χ0) is 17.9. The highest BCUT2D eigenvalue weighted by atomic mass is 32.1. The van der Waals surface area contributed by atoms with Crippen LogP contribution < -0.4 is 5.32 Å². The number of fused-ring (bicyclic) bond motifs is 1. The zero-order valence-corrected chi connectivity index (χ0v) is 14.8. The van der Waals surface area contributed by atoms with Crippen LogP contribution in [-0.4, -0.2) is 17.6 Å². The Morgan fingerprint density at radius 2 is 1.92 bits per heavy atom. The molecule has 0 saturated heterocycles. The standard InChI is InChI=1S/C20H20FNO2S/c1-20(24,18-12-15-7-3-5-9-17(15)25-18)13-22-19(23)11-10-14-6-2-4-8-16(14)21/h2-9,12,24H,10-11,13H2,1H3,(H,22,23). The normalized spacial score (nSPS) is 13.6. The average Bonchev–Trinajstić information content (AvgIpc) is 3.04. The second kappa shape index (κ2) is 7.33. The molecule has 3 aromatic rings. The molecule has 1 atom stereocenters. The monoisotopic (exact) mass is 357 g/mol. The lowest BCUT2D eigenvalue weighted by Crippen LogP contribution is -2.38. The van der Waals surface area contributed by atoms with E-state index in [-0.39, 0.29) is 24.7 Å². The zero-order valence-electron chi connectivity index (χ0n) is 14.0. The number of benzene rings is 2. The molecular weight excluding hydrogens is 337 g/mol. The molecule has 2 aromatic carbocycles. The van der Waals surface area contributed by atoms with E-state index in [2.05, 4.69) is 5.32 Å². The van der Waals surface area contributed by atoms with Crippen LogP contribution in [-0.2, 0) is 16.8 Å². The van der Waals surface area contributed by atoms with Crippen LogP contribution in [0.5, 0.6) is 0 Å². The minimum atomic E-state index is -1.14. The molecule has 130 valence electrons. The highest BCUT2D eigenvalue weighted by Gasteiger charge is 2.26. The fraction of sp³-hybridized carbons (Fsp3) is 0.250. The lowest BCUT2D eigenvalue weighted by atomic mass is 10.0. The molecular formula is C20H20FNO2S. The van der Waals surface area contributed by atoms with Gasteiger partial charge in [-0.25, -0.2) is 4.39 Å². The van der Waals surface area contributed by atoms with Crippen molar-refractivity contribution in [2.75, 3.05) is 6.54 Å². The van der Waals surface area contributed by atoms with E-state index in [0.717, 1.165) is 15.0 Å². The number of carbonyl (C=O) groups excluding carboxylic acids is 1. The van der Waals surface area contributed by atoms with E-state index in [0.29, 0.717) is 12.0 Å². The molecule has 1 aromatic heterocycles. The van der Waals surface area contributed by atoms with E-state index in [9.17, 15) is 14.3 Å². The molecule has 2 N–H and O–H groups in total. The molecule has 3 rings (SSSR count). The van der Waals surface area contributed by atoms with Gasteiger partial charge in [0.05, 0.1) is 6.54 Å². The Kier molecular flexibility index (Phi) is 5.16. The van der Waals surface area contributed by atoms with Gasteiger partial charge in [0.2, 0.25) is 5.91 Å². The summed E-state index contributed by atoms with van der Waals surface area (Å²) < 4.78 is 14.7. The van der Waals surface area contributed by atoms with Crippen molar-refractivity contribution in [1.29, 1.82) is 0 Å². The number of amides is 1. The first-order valence-electron chi connectivity index (χ1n) is 8.17. The maximum Gasteiger partial charge on any atom is 0.220 e. The van der Waals surface area contributed by atoms with Gasteiger partial charge < -0.3 is 10.4 Å². The van der Waals surface area contributed by atoms with Gasteiger partial charge in [-0.3, -0.25) is 4.79 Å². The van der Waals surface area contributed by atoms with E-state index in [4.69, 9.17) is 0 Å². The van der Waals surface area contributed by atoms with Gasteiger partial charge in [-0.1, -0.05) is 36.4 Å². The van der Waals surface area contributed by atoms with Crippen molar-refractivity contribution in [3.8, 4) is 0 Å². The number of nitrogens with one attached hydrogen (secondary N) is 1. The fourth-order valence-electron chi connectivity index (χ4n) is 2.64. The summed E-state index contributed by atoms with van der Waals surface area (Å²) in [6, 6.07) is 16.3. The van der Waals surface area contributed by atoms with E-state index in [1.54, 1.807) is 25.1 Å². The summed E-state index contributed by atoms with van der Waals surface area (Å²) in [6.07, 6.45) is 0.521. The highest BCUT2D eigenvalue weighted by molar-refractivity contribution is 7.19. The SMILES string of the molecule is CC(O)(CNC(=O)CCc1ccccc1F)c1cc2ccccc2s1. The first-order chi connectivity index (χ1) is 12.0. The summed E-state index contributed by atoms with van der Waals surface area (Å²) in [5, 5.41) is 14.5. The fourth-order valence-corrected chi connectivity index (χ4v) is 3.75. The Bertz CT molecular complexity index is 855. The van der Waals surface area contributed by atoms with Crippen molar-refractivity contribution in [2.45, 2.75) is 25.4 Å². The van der Waals surface area contributed by atoms with Gasteiger partial charge in [-0.2, -0.15) is 0 Å². The molecule has 25 heavy (non-hydrogen) atoms. The molecule has 0 bridgehead atoms. The van der Waals surface area contributed by atoms with Crippen LogP contribution >= 0.6 is 11.3 Å². The number of aliphatic hydroxyl groups is 1. The van der Waals surface area contributed by atoms with Crippen molar-refractivity contribution in [3.63, 3.8) is 0 Å². The van der Waals surface area contributed by atoms with Crippen LogP contribution in [0.1, 0.15) is 23.8 Å². The van der Waals surface area contributed by atoms with Crippen molar-refractivity contribution in [3.05, 3.63) is 70.9 Å². The maximum atomic E-state index is 13.6. The van der Waals surface area contributed by atoms with Gasteiger partial charge in [0.15, 0.2) is 0 Å². The van der Waals surface area contributed by atoms with E-state index >= 15 is 0 Å². The Hall–Kier alpha value is -2.24. The highest BCUT2D eigenvalue weighted by Crippen LogP contribution is 2.32. The first-order valence-corrected chi connectivity index (χ1v) is 8.99. The lowest BCUT2D eigenvalue weighted by molar-refractivity contribution is -0.122. The Balaban J connectivity index is 1.58. The molecule has 1 amide bonds. The van der Waals surface area contributed by atoms with Gasteiger partial charge in [0.1, 0.15) is 11.4 Å². The molecule has 1 heterocycles. The number of rotatable bonds is 6. The van der Waals surface area contributed by atoms with Crippen molar-refractivity contribution in [2.24, 2.45) is 0 Å². The molecule has 0 radical (unpaired) electrons. The van der Waals surface area contributed by atoms with Gasteiger partial charge in [0, 0.05) is 16.0 Å². The van der Waals surface area contributed by atoms with Crippen LogP contribution in [0.4, 0.5) is 4.39 Å². The van der Waals surface area contributed by atoms with Gasteiger partial charge in [-0.05, 0) is 42.5 Å². The summed E-state index contributed by atoms with van der Waals surface area (Å²) in [6.45, 7) is 1.81. The molecule has 0 spiro atoms. The second-order valence-corrected chi connectivity index (χ2v) is 7.37. The first kappa shape index (κ1) is 17.6. The Labute approximate surface area is 150 Å². The predicted octanol–water partition coefficient (Wildman–Crippen LogP) is 4.00. The molecule has 0 aliphatic carbocycles. The lowest BCUT2D eigenvalue weighted by Gasteiger charge is -2.22.